The van der Waals surface area contributed by atoms with Crippen LogP contribution in [0.5, 0.6) is 0 Å². The summed E-state index contributed by atoms with van der Waals surface area (Å²) in [5.74, 6) is 0. The summed E-state index contributed by atoms with van der Waals surface area (Å²) >= 11 is 0. The molecule has 0 saturated carbocycles. The zero-order valence-corrected chi connectivity index (χ0v) is 10.9. The molecule has 1 atom stereocenters. The number of allylic oxidation sites excluding steroid dienone is 3. The van der Waals surface area contributed by atoms with Crippen molar-refractivity contribution in [1.29, 1.82) is 0 Å². The summed E-state index contributed by atoms with van der Waals surface area (Å²) in [6, 6.07) is 0. The number of nitrogens with zero attached hydrogens (tertiary/aromatic N) is 1. The average Bonchev–Trinajstić information content (AvgIpc) is 2.56. The highest BCUT2D eigenvalue weighted by atomic mass is 16.3. The lowest BCUT2D eigenvalue weighted by molar-refractivity contribution is 0.0221. The molecule has 0 bridgehead atoms. The highest BCUT2D eigenvalue weighted by Crippen LogP contribution is 2.50. The van der Waals surface area contributed by atoms with Gasteiger partial charge < -0.3 is 10.0 Å². The third-order valence-electron chi connectivity index (χ3n) is 4.38. The van der Waals surface area contributed by atoms with Crippen LogP contribution in [0.15, 0.2) is 36.0 Å². The van der Waals surface area contributed by atoms with E-state index in [1.807, 2.05) is 13.0 Å². The molecule has 1 saturated heterocycles. The molecule has 0 radical (unpaired) electrons. The fourth-order valence-electron chi connectivity index (χ4n) is 3.33. The second kappa shape index (κ2) is 4.79. The van der Waals surface area contributed by atoms with Crippen LogP contribution in [0, 0.1) is 5.41 Å². The zero-order valence-electron chi connectivity index (χ0n) is 10.9. The van der Waals surface area contributed by atoms with E-state index in [9.17, 15) is 5.11 Å². The van der Waals surface area contributed by atoms with E-state index in [0.717, 1.165) is 32.4 Å². The fourth-order valence-corrected chi connectivity index (χ4v) is 3.33. The lowest BCUT2D eigenvalue weighted by Gasteiger charge is -2.41. The van der Waals surface area contributed by atoms with E-state index in [0.29, 0.717) is 0 Å². The molecule has 0 amide bonds. The molecule has 0 aromatic heterocycles. The van der Waals surface area contributed by atoms with Gasteiger partial charge in [-0.05, 0) is 57.5 Å². The quantitative estimate of drug-likeness (QED) is 0.792. The standard InChI is InChI=1S/C15H23NO/c1-4-6-12-11-14(17)15(13(12)5-2)7-9-16(3)10-8-15/h4-6,14,17H,2,7-11H2,1,3H3/b6-4-. The number of likely N-dealkylation sites (tertiary alicyclic amines) is 1. The minimum atomic E-state index is -0.226. The van der Waals surface area contributed by atoms with Gasteiger partial charge in [0.15, 0.2) is 0 Å². The van der Waals surface area contributed by atoms with E-state index in [2.05, 4.69) is 30.7 Å². The van der Waals surface area contributed by atoms with Crippen LogP contribution in [-0.2, 0) is 0 Å². The van der Waals surface area contributed by atoms with Crippen molar-refractivity contribution in [2.24, 2.45) is 5.41 Å². The zero-order chi connectivity index (χ0) is 12.5. The highest BCUT2D eigenvalue weighted by molar-refractivity contribution is 5.44. The summed E-state index contributed by atoms with van der Waals surface area (Å²) in [6.45, 7) is 8.12. The smallest absolute Gasteiger partial charge is 0.0678 e. The molecule has 2 heteroatoms. The minimum absolute atomic E-state index is 0.0247. The second-order valence-electron chi connectivity index (χ2n) is 5.32. The van der Waals surface area contributed by atoms with Crippen LogP contribution in [0.2, 0.25) is 0 Å². The first-order chi connectivity index (χ1) is 8.14. The van der Waals surface area contributed by atoms with Gasteiger partial charge in [-0.3, -0.25) is 0 Å². The third kappa shape index (κ3) is 2.00. The van der Waals surface area contributed by atoms with Crippen LogP contribution < -0.4 is 0 Å². The van der Waals surface area contributed by atoms with E-state index in [4.69, 9.17) is 0 Å². The summed E-state index contributed by atoms with van der Waals surface area (Å²) in [6.07, 6.45) is 8.81. The maximum Gasteiger partial charge on any atom is 0.0678 e. The van der Waals surface area contributed by atoms with Crippen LogP contribution in [0.3, 0.4) is 0 Å². The molecule has 1 aliphatic carbocycles. The van der Waals surface area contributed by atoms with Crippen molar-refractivity contribution in [2.45, 2.75) is 32.3 Å². The number of aliphatic hydroxyl groups excluding tert-OH is 1. The van der Waals surface area contributed by atoms with Gasteiger partial charge in [-0.2, -0.15) is 0 Å². The van der Waals surface area contributed by atoms with Crippen molar-refractivity contribution in [3.8, 4) is 0 Å². The van der Waals surface area contributed by atoms with E-state index in [-0.39, 0.29) is 11.5 Å². The molecule has 1 spiro atoms. The van der Waals surface area contributed by atoms with Crippen molar-refractivity contribution in [1.82, 2.24) is 4.90 Å². The molecule has 0 aromatic rings. The van der Waals surface area contributed by atoms with Gasteiger partial charge >= 0.3 is 0 Å². The maximum absolute atomic E-state index is 10.4. The van der Waals surface area contributed by atoms with E-state index >= 15 is 0 Å². The summed E-state index contributed by atoms with van der Waals surface area (Å²) in [4.78, 5) is 2.34. The first-order valence-electron chi connectivity index (χ1n) is 6.49. The summed E-state index contributed by atoms with van der Waals surface area (Å²) in [7, 11) is 2.15. The number of rotatable bonds is 2. The summed E-state index contributed by atoms with van der Waals surface area (Å²) in [5.41, 5.74) is 2.54. The van der Waals surface area contributed by atoms with E-state index in [1.54, 1.807) is 0 Å². The van der Waals surface area contributed by atoms with Crippen LogP contribution in [0.25, 0.3) is 0 Å². The average molecular weight is 233 g/mol. The molecule has 1 heterocycles. The Bertz CT molecular complexity index is 359. The van der Waals surface area contributed by atoms with Crippen molar-refractivity contribution in [2.75, 3.05) is 20.1 Å². The molecule has 0 aromatic carbocycles. The molecule has 1 fully saturated rings. The molecular weight excluding hydrogens is 210 g/mol. The largest absolute Gasteiger partial charge is 0.392 e. The molecule has 1 N–H and O–H groups in total. The van der Waals surface area contributed by atoms with Crippen LogP contribution in [-0.4, -0.2) is 36.2 Å². The van der Waals surface area contributed by atoms with Gasteiger partial charge in [0.1, 0.15) is 0 Å². The second-order valence-corrected chi connectivity index (χ2v) is 5.32. The predicted octanol–water partition coefficient (Wildman–Crippen LogP) is 2.52. The lowest BCUT2D eigenvalue weighted by atomic mass is 9.71. The first-order valence-corrected chi connectivity index (χ1v) is 6.49. The van der Waals surface area contributed by atoms with Gasteiger partial charge in [-0.1, -0.05) is 24.8 Å². The monoisotopic (exact) mass is 233 g/mol. The van der Waals surface area contributed by atoms with Crippen molar-refractivity contribution >= 4 is 0 Å². The lowest BCUT2D eigenvalue weighted by Crippen LogP contribution is -2.43. The summed E-state index contributed by atoms with van der Waals surface area (Å²) in [5, 5.41) is 10.4. The number of aliphatic hydroxyl groups is 1. The molecule has 2 rings (SSSR count). The van der Waals surface area contributed by atoms with Crippen molar-refractivity contribution in [3.63, 3.8) is 0 Å². The molecule has 1 unspecified atom stereocenters. The van der Waals surface area contributed by atoms with Gasteiger partial charge in [-0.25, -0.2) is 0 Å². The van der Waals surface area contributed by atoms with Crippen molar-refractivity contribution < 1.29 is 5.11 Å². The highest BCUT2D eigenvalue weighted by Gasteiger charge is 2.47. The van der Waals surface area contributed by atoms with Gasteiger partial charge in [0.05, 0.1) is 6.10 Å². The van der Waals surface area contributed by atoms with Crippen LogP contribution >= 0.6 is 0 Å². The van der Waals surface area contributed by atoms with E-state index < -0.39 is 0 Å². The third-order valence-corrected chi connectivity index (χ3v) is 4.38. The number of hydrogen-bond donors (Lipinski definition) is 1. The SMILES string of the molecule is C=CC1=C(/C=C\C)CC(O)C12CCN(C)CC2. The number of piperidine rings is 1. The van der Waals surface area contributed by atoms with Crippen LogP contribution in [0.1, 0.15) is 26.2 Å². The van der Waals surface area contributed by atoms with E-state index in [1.165, 1.54) is 11.1 Å². The van der Waals surface area contributed by atoms with Gasteiger partial charge in [-0.15, -0.1) is 0 Å². The maximum atomic E-state index is 10.4. The van der Waals surface area contributed by atoms with Gasteiger partial charge in [0, 0.05) is 5.41 Å². The summed E-state index contributed by atoms with van der Waals surface area (Å²) < 4.78 is 0. The molecule has 94 valence electrons. The Balaban J connectivity index is 2.34. The number of hydrogen-bond acceptors (Lipinski definition) is 2. The molecular formula is C15H23NO. The topological polar surface area (TPSA) is 23.5 Å². The Kier molecular flexibility index (Phi) is 3.55. The van der Waals surface area contributed by atoms with Crippen LogP contribution in [0.4, 0.5) is 0 Å². The normalized spacial score (nSPS) is 29.5. The fraction of sp³-hybridized carbons (Fsp3) is 0.600. The Morgan fingerprint density at radius 2 is 2.06 bits per heavy atom. The Hall–Kier alpha value is -0.860. The molecule has 2 aliphatic rings. The first kappa shape index (κ1) is 12.6. The van der Waals surface area contributed by atoms with Gasteiger partial charge in [0.25, 0.3) is 0 Å². The Labute approximate surface area is 104 Å². The van der Waals surface area contributed by atoms with Crippen molar-refractivity contribution in [3.05, 3.63) is 36.0 Å². The molecule has 2 nitrogen and oxygen atoms in total. The minimum Gasteiger partial charge on any atom is -0.392 e. The molecule has 1 aliphatic heterocycles. The predicted molar refractivity (Wildman–Crippen MR) is 71.8 cm³/mol. The van der Waals surface area contributed by atoms with Gasteiger partial charge in [0.2, 0.25) is 0 Å². The Morgan fingerprint density at radius 3 is 2.59 bits per heavy atom. The molecule has 17 heavy (non-hydrogen) atoms. The Morgan fingerprint density at radius 1 is 1.41 bits per heavy atom.